The predicted octanol–water partition coefficient (Wildman–Crippen LogP) is 3.64. The van der Waals surface area contributed by atoms with Crippen LogP contribution in [0.5, 0.6) is 0 Å². The minimum Gasteiger partial charge on any atom is -0.317 e. The summed E-state index contributed by atoms with van der Waals surface area (Å²) in [6.07, 6.45) is 6.09. The van der Waals surface area contributed by atoms with Gasteiger partial charge in [-0.05, 0) is 50.2 Å². The molecule has 1 aliphatic rings. The average molecular weight is 329 g/mol. The molecule has 2 N–H and O–H groups in total. The van der Waals surface area contributed by atoms with Gasteiger partial charge in [0, 0.05) is 27.9 Å². The zero-order valence-corrected chi connectivity index (χ0v) is 13.9. The van der Waals surface area contributed by atoms with Gasteiger partial charge in [-0.25, -0.2) is 4.98 Å². The number of rotatable bonds is 2. The van der Waals surface area contributed by atoms with Crippen molar-refractivity contribution in [3.63, 3.8) is 0 Å². The maximum Gasteiger partial charge on any atom is 0.0892 e. The summed E-state index contributed by atoms with van der Waals surface area (Å²) < 4.78 is 0. The maximum atomic E-state index is 4.82. The molecule has 3 aromatic heterocycles. The first-order chi connectivity index (χ1) is 12.4. The van der Waals surface area contributed by atoms with E-state index in [2.05, 4.69) is 45.8 Å². The standard InChI is InChI=1S/C20H19N5/c1-3-17(14-2-4-18-16(9-14)11-23-25-18)24-20-12-22-19(10-15(1)20)13-5-7-21-8-6-13/h1-4,9-13,21H,5-8H2,(H,23,25). The zero-order valence-electron chi connectivity index (χ0n) is 13.9. The van der Waals surface area contributed by atoms with Crippen LogP contribution in [0.15, 0.2) is 48.8 Å². The Hall–Kier alpha value is -2.79. The molecule has 1 aromatic carbocycles. The lowest BCUT2D eigenvalue weighted by atomic mass is 9.93. The van der Waals surface area contributed by atoms with Crippen molar-refractivity contribution >= 4 is 21.8 Å². The summed E-state index contributed by atoms with van der Waals surface area (Å²) in [4.78, 5) is 9.52. The van der Waals surface area contributed by atoms with E-state index in [4.69, 9.17) is 9.97 Å². The summed E-state index contributed by atoms with van der Waals surface area (Å²) >= 11 is 0. The number of fused-ring (bicyclic) bond motifs is 2. The third-order valence-corrected chi connectivity index (χ3v) is 5.09. The summed E-state index contributed by atoms with van der Waals surface area (Å²) in [5, 5.41) is 12.7. The van der Waals surface area contributed by atoms with Gasteiger partial charge < -0.3 is 5.32 Å². The van der Waals surface area contributed by atoms with Crippen LogP contribution in [0.4, 0.5) is 0 Å². The van der Waals surface area contributed by atoms with Crippen LogP contribution in [-0.4, -0.2) is 33.3 Å². The fourth-order valence-corrected chi connectivity index (χ4v) is 3.65. The van der Waals surface area contributed by atoms with E-state index < -0.39 is 0 Å². The maximum absolute atomic E-state index is 4.82. The van der Waals surface area contributed by atoms with Crippen molar-refractivity contribution in [3.8, 4) is 11.3 Å². The van der Waals surface area contributed by atoms with Crippen molar-refractivity contribution in [1.82, 2.24) is 25.5 Å². The molecule has 0 saturated carbocycles. The van der Waals surface area contributed by atoms with Gasteiger partial charge in [-0.1, -0.05) is 12.1 Å². The van der Waals surface area contributed by atoms with Crippen LogP contribution in [0.25, 0.3) is 33.1 Å². The average Bonchev–Trinajstić information content (AvgIpc) is 3.15. The normalized spacial score (nSPS) is 15.8. The Balaban J connectivity index is 1.52. The van der Waals surface area contributed by atoms with Gasteiger partial charge in [-0.15, -0.1) is 0 Å². The van der Waals surface area contributed by atoms with Crippen LogP contribution >= 0.6 is 0 Å². The van der Waals surface area contributed by atoms with E-state index in [1.807, 2.05) is 18.5 Å². The molecule has 1 aliphatic heterocycles. The lowest BCUT2D eigenvalue weighted by molar-refractivity contribution is 0.453. The van der Waals surface area contributed by atoms with Crippen LogP contribution in [-0.2, 0) is 0 Å². The largest absolute Gasteiger partial charge is 0.317 e. The SMILES string of the molecule is c1cc2[nH]ncc2cc1-c1ccc2cc(C3CCNCC3)ncc2n1. The van der Waals surface area contributed by atoms with E-state index in [9.17, 15) is 0 Å². The number of aromatic nitrogens is 4. The van der Waals surface area contributed by atoms with E-state index in [1.54, 1.807) is 0 Å². The second kappa shape index (κ2) is 5.93. The summed E-state index contributed by atoms with van der Waals surface area (Å²) in [7, 11) is 0. The highest BCUT2D eigenvalue weighted by Gasteiger charge is 2.16. The van der Waals surface area contributed by atoms with Crippen LogP contribution < -0.4 is 5.32 Å². The second-order valence-electron chi connectivity index (χ2n) is 6.69. The molecule has 1 fully saturated rings. The summed E-state index contributed by atoms with van der Waals surface area (Å²) in [6.45, 7) is 2.16. The molecule has 4 aromatic rings. The van der Waals surface area contributed by atoms with Crippen molar-refractivity contribution in [2.24, 2.45) is 0 Å². The fourth-order valence-electron chi connectivity index (χ4n) is 3.65. The third-order valence-electron chi connectivity index (χ3n) is 5.09. The van der Waals surface area contributed by atoms with Gasteiger partial charge in [0.05, 0.1) is 29.1 Å². The van der Waals surface area contributed by atoms with Gasteiger partial charge in [0.25, 0.3) is 0 Å². The van der Waals surface area contributed by atoms with Gasteiger partial charge in [0.15, 0.2) is 0 Å². The molecule has 0 unspecified atom stereocenters. The van der Waals surface area contributed by atoms with Gasteiger partial charge >= 0.3 is 0 Å². The fraction of sp³-hybridized carbons (Fsp3) is 0.250. The van der Waals surface area contributed by atoms with Crippen LogP contribution in [0.1, 0.15) is 24.5 Å². The first-order valence-electron chi connectivity index (χ1n) is 8.78. The smallest absolute Gasteiger partial charge is 0.0892 e. The molecule has 0 bridgehead atoms. The molecule has 0 spiro atoms. The molecule has 5 nitrogen and oxygen atoms in total. The molecule has 124 valence electrons. The highest BCUT2D eigenvalue weighted by molar-refractivity contribution is 5.86. The van der Waals surface area contributed by atoms with E-state index in [-0.39, 0.29) is 0 Å². The molecular formula is C20H19N5. The topological polar surface area (TPSA) is 66.5 Å². The Bertz CT molecular complexity index is 1050. The molecule has 4 heterocycles. The molecule has 0 amide bonds. The number of hydrogen-bond donors (Lipinski definition) is 2. The van der Waals surface area contributed by atoms with Crippen LogP contribution in [0.3, 0.4) is 0 Å². The van der Waals surface area contributed by atoms with Gasteiger partial charge in [-0.3, -0.25) is 10.1 Å². The third kappa shape index (κ3) is 2.66. The van der Waals surface area contributed by atoms with Crippen molar-refractivity contribution < 1.29 is 0 Å². The Labute approximate surface area is 145 Å². The Kier molecular flexibility index (Phi) is 3.45. The number of aromatic amines is 1. The molecular weight excluding hydrogens is 310 g/mol. The highest BCUT2D eigenvalue weighted by Crippen LogP contribution is 2.28. The van der Waals surface area contributed by atoms with Gasteiger partial charge in [0.1, 0.15) is 0 Å². The second-order valence-corrected chi connectivity index (χ2v) is 6.69. The monoisotopic (exact) mass is 329 g/mol. The number of piperidine rings is 1. The molecule has 0 aliphatic carbocycles. The molecule has 1 saturated heterocycles. The predicted molar refractivity (Wildman–Crippen MR) is 99.5 cm³/mol. The molecule has 5 heteroatoms. The van der Waals surface area contributed by atoms with Gasteiger partial charge in [-0.2, -0.15) is 5.10 Å². The minimum atomic E-state index is 0.564. The van der Waals surface area contributed by atoms with Crippen molar-refractivity contribution in [3.05, 3.63) is 54.5 Å². The molecule has 25 heavy (non-hydrogen) atoms. The highest BCUT2D eigenvalue weighted by atomic mass is 15.1. The van der Waals surface area contributed by atoms with Crippen molar-refractivity contribution in [2.45, 2.75) is 18.8 Å². The molecule has 0 radical (unpaired) electrons. The molecule has 0 atom stereocenters. The number of nitrogens with zero attached hydrogens (tertiary/aromatic N) is 3. The van der Waals surface area contributed by atoms with Crippen molar-refractivity contribution in [1.29, 1.82) is 0 Å². The Morgan fingerprint density at radius 2 is 1.84 bits per heavy atom. The quantitative estimate of drug-likeness (QED) is 0.589. The zero-order chi connectivity index (χ0) is 16.6. The van der Waals surface area contributed by atoms with E-state index in [1.165, 1.54) is 5.69 Å². The summed E-state index contributed by atoms with van der Waals surface area (Å²) in [5.74, 6) is 0.564. The number of hydrogen-bond acceptors (Lipinski definition) is 4. The lowest BCUT2D eigenvalue weighted by Crippen LogP contribution is -2.27. The van der Waals surface area contributed by atoms with E-state index in [0.29, 0.717) is 5.92 Å². The minimum absolute atomic E-state index is 0.564. The number of nitrogens with one attached hydrogen (secondary N) is 2. The number of H-pyrrole nitrogens is 1. The van der Waals surface area contributed by atoms with Gasteiger partial charge in [0.2, 0.25) is 0 Å². The van der Waals surface area contributed by atoms with E-state index in [0.717, 1.165) is 59.0 Å². The first-order valence-corrected chi connectivity index (χ1v) is 8.78. The van der Waals surface area contributed by atoms with Crippen LogP contribution in [0, 0.1) is 0 Å². The number of benzene rings is 1. The summed E-state index contributed by atoms with van der Waals surface area (Å²) in [6, 6.07) is 12.7. The van der Waals surface area contributed by atoms with Crippen LogP contribution in [0.2, 0.25) is 0 Å². The Morgan fingerprint density at radius 1 is 0.920 bits per heavy atom. The van der Waals surface area contributed by atoms with Crippen molar-refractivity contribution in [2.75, 3.05) is 13.1 Å². The number of pyridine rings is 2. The molecule has 5 rings (SSSR count). The Morgan fingerprint density at radius 3 is 2.76 bits per heavy atom. The first kappa shape index (κ1) is 14.5. The summed E-state index contributed by atoms with van der Waals surface area (Å²) in [5.41, 5.74) is 5.24. The van der Waals surface area contributed by atoms with E-state index >= 15 is 0 Å². The lowest BCUT2D eigenvalue weighted by Gasteiger charge is -2.22.